The second-order valence-electron chi connectivity index (χ2n) is 6.88. The van der Waals surface area contributed by atoms with E-state index < -0.39 is 0 Å². The van der Waals surface area contributed by atoms with Gasteiger partial charge in [-0.3, -0.25) is 4.79 Å². The molecule has 2 rings (SSSR count). The van der Waals surface area contributed by atoms with E-state index in [1.165, 1.54) is 51.4 Å². The molecule has 2 saturated carbocycles. The van der Waals surface area contributed by atoms with Crippen LogP contribution in [-0.4, -0.2) is 36.0 Å². The van der Waals surface area contributed by atoms with Crippen LogP contribution in [0.15, 0.2) is 0 Å². The van der Waals surface area contributed by atoms with Crippen LogP contribution in [0.2, 0.25) is 0 Å². The first-order valence-corrected chi connectivity index (χ1v) is 8.65. The summed E-state index contributed by atoms with van der Waals surface area (Å²) >= 11 is 0. The number of likely N-dealkylation sites (N-methyl/N-ethyl adjacent to an activating group) is 1. The summed E-state index contributed by atoms with van der Waals surface area (Å²) in [6.45, 7) is 7.77. The number of nitrogens with zero attached hydrogens (tertiary/aromatic N) is 1. The number of amides is 1. The van der Waals surface area contributed by atoms with Crippen LogP contribution in [0.3, 0.4) is 0 Å². The van der Waals surface area contributed by atoms with Crippen LogP contribution in [0.25, 0.3) is 0 Å². The minimum atomic E-state index is -0.0301. The fourth-order valence-electron chi connectivity index (χ4n) is 4.26. The van der Waals surface area contributed by atoms with E-state index in [-0.39, 0.29) is 11.9 Å². The van der Waals surface area contributed by atoms with E-state index in [2.05, 4.69) is 19.2 Å². The molecule has 3 nitrogen and oxygen atoms in total. The van der Waals surface area contributed by atoms with E-state index in [1.807, 2.05) is 11.8 Å². The molecule has 0 bridgehead atoms. The number of rotatable bonds is 5. The molecule has 1 unspecified atom stereocenters. The van der Waals surface area contributed by atoms with Gasteiger partial charge in [-0.2, -0.15) is 0 Å². The number of hydrogen-bond donors (Lipinski definition) is 1. The highest BCUT2D eigenvalue weighted by Crippen LogP contribution is 2.48. The summed E-state index contributed by atoms with van der Waals surface area (Å²) in [6, 6.07) is 0.522. The van der Waals surface area contributed by atoms with Gasteiger partial charge in [0.1, 0.15) is 0 Å². The van der Waals surface area contributed by atoms with Crippen LogP contribution in [0.4, 0.5) is 0 Å². The lowest BCUT2D eigenvalue weighted by atomic mass is 9.71. The van der Waals surface area contributed by atoms with Crippen LogP contribution in [0, 0.1) is 5.41 Å². The summed E-state index contributed by atoms with van der Waals surface area (Å²) in [7, 11) is 0. The summed E-state index contributed by atoms with van der Waals surface area (Å²) in [4.78, 5) is 14.2. The zero-order valence-electron chi connectivity index (χ0n) is 13.6. The standard InChI is InChI=1S/C17H32N2O/c1-4-19(5-2)16(20)14(3)18-15-8-12-17(13-9-15)10-6-7-11-17/h14-15,18H,4-13H2,1-3H3. The molecule has 2 fully saturated rings. The highest BCUT2D eigenvalue weighted by atomic mass is 16.2. The van der Waals surface area contributed by atoms with Crippen molar-refractivity contribution in [3.05, 3.63) is 0 Å². The minimum absolute atomic E-state index is 0.0301. The Kier molecular flexibility index (Phi) is 5.48. The quantitative estimate of drug-likeness (QED) is 0.837. The van der Waals surface area contributed by atoms with Crippen molar-refractivity contribution in [3.63, 3.8) is 0 Å². The molecule has 0 radical (unpaired) electrons. The largest absolute Gasteiger partial charge is 0.342 e. The molecule has 0 aromatic heterocycles. The highest BCUT2D eigenvalue weighted by molar-refractivity contribution is 5.81. The second-order valence-corrected chi connectivity index (χ2v) is 6.88. The smallest absolute Gasteiger partial charge is 0.239 e. The molecule has 20 heavy (non-hydrogen) atoms. The molecule has 1 spiro atoms. The van der Waals surface area contributed by atoms with Gasteiger partial charge in [-0.15, -0.1) is 0 Å². The van der Waals surface area contributed by atoms with Gasteiger partial charge in [-0.25, -0.2) is 0 Å². The second kappa shape index (κ2) is 6.93. The lowest BCUT2D eigenvalue weighted by molar-refractivity contribution is -0.132. The van der Waals surface area contributed by atoms with Crippen molar-refractivity contribution in [1.82, 2.24) is 10.2 Å². The average molecular weight is 280 g/mol. The Hall–Kier alpha value is -0.570. The molecule has 1 N–H and O–H groups in total. The Bertz CT molecular complexity index is 309. The first kappa shape index (κ1) is 15.8. The molecule has 116 valence electrons. The SMILES string of the molecule is CCN(CC)C(=O)C(C)NC1CCC2(CCCC2)CC1. The third kappa shape index (κ3) is 3.55. The fraction of sp³-hybridized carbons (Fsp3) is 0.941. The topological polar surface area (TPSA) is 32.3 Å². The number of carbonyl (C=O) groups is 1. The van der Waals surface area contributed by atoms with Gasteiger partial charge in [0, 0.05) is 19.1 Å². The first-order valence-electron chi connectivity index (χ1n) is 8.65. The molecular weight excluding hydrogens is 248 g/mol. The summed E-state index contributed by atoms with van der Waals surface area (Å²) < 4.78 is 0. The Morgan fingerprint density at radius 2 is 1.70 bits per heavy atom. The van der Waals surface area contributed by atoms with Crippen molar-refractivity contribution in [2.24, 2.45) is 5.41 Å². The molecule has 1 atom stereocenters. The van der Waals surface area contributed by atoms with E-state index in [0.29, 0.717) is 11.5 Å². The predicted octanol–water partition coefficient (Wildman–Crippen LogP) is 3.34. The van der Waals surface area contributed by atoms with Crippen LogP contribution in [0.1, 0.15) is 72.1 Å². The van der Waals surface area contributed by atoms with Gasteiger partial charge >= 0.3 is 0 Å². The van der Waals surface area contributed by atoms with E-state index >= 15 is 0 Å². The third-order valence-electron chi connectivity index (χ3n) is 5.64. The van der Waals surface area contributed by atoms with Gasteiger partial charge in [0.25, 0.3) is 0 Å². The Morgan fingerprint density at radius 1 is 1.15 bits per heavy atom. The summed E-state index contributed by atoms with van der Waals surface area (Å²) in [5, 5.41) is 3.58. The lowest BCUT2D eigenvalue weighted by Gasteiger charge is -2.38. The van der Waals surface area contributed by atoms with Crippen molar-refractivity contribution < 1.29 is 4.79 Å². The fourth-order valence-corrected chi connectivity index (χ4v) is 4.26. The molecule has 0 aromatic carbocycles. The van der Waals surface area contributed by atoms with E-state index in [4.69, 9.17) is 0 Å². The monoisotopic (exact) mass is 280 g/mol. The first-order chi connectivity index (χ1) is 9.60. The zero-order chi connectivity index (χ0) is 14.6. The normalized spacial score (nSPS) is 23.9. The molecule has 1 amide bonds. The number of carbonyl (C=O) groups excluding carboxylic acids is 1. The molecule has 0 heterocycles. The Balaban J connectivity index is 1.78. The van der Waals surface area contributed by atoms with Crippen molar-refractivity contribution in [3.8, 4) is 0 Å². The van der Waals surface area contributed by atoms with Gasteiger partial charge < -0.3 is 10.2 Å². The maximum absolute atomic E-state index is 12.3. The summed E-state index contributed by atoms with van der Waals surface area (Å²) in [5.74, 6) is 0.260. The Morgan fingerprint density at radius 3 is 2.20 bits per heavy atom. The van der Waals surface area contributed by atoms with Gasteiger partial charge in [0.15, 0.2) is 0 Å². The molecule has 0 saturated heterocycles. The van der Waals surface area contributed by atoms with Gasteiger partial charge in [0.2, 0.25) is 5.91 Å². The van der Waals surface area contributed by atoms with Gasteiger partial charge in [0.05, 0.1) is 6.04 Å². The molecule has 3 heteroatoms. The van der Waals surface area contributed by atoms with Crippen molar-refractivity contribution >= 4 is 5.91 Å². The van der Waals surface area contributed by atoms with Crippen LogP contribution in [0.5, 0.6) is 0 Å². The van der Waals surface area contributed by atoms with Crippen LogP contribution in [-0.2, 0) is 4.79 Å². The maximum atomic E-state index is 12.3. The lowest BCUT2D eigenvalue weighted by Crippen LogP contribution is -2.49. The molecule has 2 aliphatic rings. The van der Waals surface area contributed by atoms with Crippen molar-refractivity contribution in [2.75, 3.05) is 13.1 Å². The number of hydrogen-bond acceptors (Lipinski definition) is 2. The third-order valence-corrected chi connectivity index (χ3v) is 5.64. The average Bonchev–Trinajstić information content (AvgIpc) is 2.91. The Labute approximate surface area is 124 Å². The number of nitrogens with one attached hydrogen (secondary N) is 1. The molecular formula is C17H32N2O. The molecule has 0 aliphatic heterocycles. The van der Waals surface area contributed by atoms with Gasteiger partial charge in [-0.05, 0) is 64.7 Å². The van der Waals surface area contributed by atoms with Crippen molar-refractivity contribution in [2.45, 2.75) is 84.2 Å². The van der Waals surface area contributed by atoms with E-state index in [0.717, 1.165) is 13.1 Å². The van der Waals surface area contributed by atoms with Crippen LogP contribution < -0.4 is 5.32 Å². The highest BCUT2D eigenvalue weighted by Gasteiger charge is 2.37. The minimum Gasteiger partial charge on any atom is -0.342 e. The predicted molar refractivity (Wildman–Crippen MR) is 83.7 cm³/mol. The van der Waals surface area contributed by atoms with Crippen LogP contribution >= 0.6 is 0 Å². The summed E-state index contributed by atoms with van der Waals surface area (Å²) in [6.07, 6.45) is 11.0. The van der Waals surface area contributed by atoms with Gasteiger partial charge in [-0.1, -0.05) is 12.8 Å². The maximum Gasteiger partial charge on any atom is 0.239 e. The van der Waals surface area contributed by atoms with E-state index in [9.17, 15) is 4.79 Å². The van der Waals surface area contributed by atoms with Crippen molar-refractivity contribution in [1.29, 1.82) is 0 Å². The van der Waals surface area contributed by atoms with E-state index in [1.54, 1.807) is 0 Å². The summed E-state index contributed by atoms with van der Waals surface area (Å²) in [5.41, 5.74) is 0.685. The molecule has 0 aromatic rings. The zero-order valence-corrected chi connectivity index (χ0v) is 13.6. The molecule has 2 aliphatic carbocycles.